The van der Waals surface area contributed by atoms with Crippen LogP contribution in [0, 0.1) is 13.8 Å². The number of hydrogen-bond donors (Lipinski definition) is 1. The average Bonchev–Trinajstić information content (AvgIpc) is 3.18. The van der Waals surface area contributed by atoms with Gasteiger partial charge in [-0.3, -0.25) is 9.69 Å². The zero-order chi connectivity index (χ0) is 16.2. The predicted octanol–water partition coefficient (Wildman–Crippen LogP) is 3.31. The summed E-state index contributed by atoms with van der Waals surface area (Å²) in [4.78, 5) is 19.9. The van der Waals surface area contributed by atoms with Gasteiger partial charge in [0.05, 0.1) is 23.0 Å². The Hall–Kier alpha value is -1.66. The van der Waals surface area contributed by atoms with E-state index in [9.17, 15) is 4.79 Å². The second kappa shape index (κ2) is 7.27. The van der Waals surface area contributed by atoms with Gasteiger partial charge in [0.1, 0.15) is 10.6 Å². The molecule has 124 valence electrons. The normalized spacial score (nSPS) is 17.1. The summed E-state index contributed by atoms with van der Waals surface area (Å²) in [6, 6.07) is 4.00. The van der Waals surface area contributed by atoms with Crippen molar-refractivity contribution in [2.24, 2.45) is 0 Å². The highest BCUT2D eigenvalue weighted by Crippen LogP contribution is 2.25. The zero-order valence-corrected chi connectivity index (χ0v) is 14.5. The number of thiazole rings is 1. The van der Waals surface area contributed by atoms with Crippen LogP contribution in [-0.4, -0.2) is 35.4 Å². The van der Waals surface area contributed by atoms with Crippen molar-refractivity contribution in [2.45, 2.75) is 39.2 Å². The summed E-state index contributed by atoms with van der Waals surface area (Å²) >= 11 is 1.45. The first-order chi connectivity index (χ1) is 11.1. The Labute approximate surface area is 140 Å². The number of carbonyl (C=O) groups excluding carboxylic acids is 1. The highest BCUT2D eigenvalue weighted by molar-refractivity contribution is 7.13. The summed E-state index contributed by atoms with van der Waals surface area (Å²) in [5.41, 5.74) is 0.803. The molecule has 1 amide bonds. The lowest BCUT2D eigenvalue weighted by Gasteiger charge is -2.33. The maximum atomic E-state index is 12.4. The molecule has 1 aliphatic rings. The Balaban J connectivity index is 1.69. The van der Waals surface area contributed by atoms with E-state index in [-0.39, 0.29) is 11.9 Å². The van der Waals surface area contributed by atoms with Crippen LogP contribution in [0.4, 0.5) is 0 Å². The second-order valence-electron chi connectivity index (χ2n) is 5.99. The summed E-state index contributed by atoms with van der Waals surface area (Å²) in [6.45, 7) is 6.48. The fourth-order valence-electron chi connectivity index (χ4n) is 3.13. The number of carbonyl (C=O) groups is 1. The van der Waals surface area contributed by atoms with Crippen molar-refractivity contribution in [2.75, 3.05) is 19.6 Å². The largest absolute Gasteiger partial charge is 0.468 e. The molecule has 23 heavy (non-hydrogen) atoms. The van der Waals surface area contributed by atoms with Gasteiger partial charge >= 0.3 is 0 Å². The monoisotopic (exact) mass is 333 g/mol. The number of hydrogen-bond acceptors (Lipinski definition) is 5. The van der Waals surface area contributed by atoms with Crippen molar-refractivity contribution in [1.82, 2.24) is 15.2 Å². The summed E-state index contributed by atoms with van der Waals surface area (Å²) in [5.74, 6) is 0.881. The molecule has 1 saturated heterocycles. The quantitative estimate of drug-likeness (QED) is 0.912. The van der Waals surface area contributed by atoms with Crippen molar-refractivity contribution in [3.05, 3.63) is 39.7 Å². The van der Waals surface area contributed by atoms with Gasteiger partial charge in [0.25, 0.3) is 5.91 Å². The molecule has 5 nitrogen and oxygen atoms in total. The van der Waals surface area contributed by atoms with Crippen LogP contribution < -0.4 is 5.32 Å². The number of aryl methyl sites for hydroxylation is 2. The first kappa shape index (κ1) is 16.2. The third-order valence-electron chi connectivity index (χ3n) is 4.27. The SMILES string of the molecule is Cc1nc(C)c(C(=O)NCC(c2ccco2)N2CCCCC2)s1. The van der Waals surface area contributed by atoms with E-state index in [1.165, 1.54) is 30.6 Å². The van der Waals surface area contributed by atoms with Crippen molar-refractivity contribution >= 4 is 17.2 Å². The van der Waals surface area contributed by atoms with Crippen molar-refractivity contribution in [1.29, 1.82) is 0 Å². The molecule has 0 bridgehead atoms. The molecule has 2 aromatic heterocycles. The van der Waals surface area contributed by atoms with Crippen LogP contribution in [0.25, 0.3) is 0 Å². The minimum absolute atomic E-state index is 0.0401. The number of likely N-dealkylation sites (tertiary alicyclic amines) is 1. The lowest BCUT2D eigenvalue weighted by atomic mass is 10.1. The van der Waals surface area contributed by atoms with E-state index in [4.69, 9.17) is 4.42 Å². The standard InChI is InChI=1S/C17H23N3O2S/c1-12-16(23-13(2)19-12)17(21)18-11-14(15-7-6-10-22-15)20-8-4-3-5-9-20/h6-7,10,14H,3-5,8-9,11H2,1-2H3,(H,18,21). The molecular formula is C17H23N3O2S. The molecular weight excluding hydrogens is 310 g/mol. The molecule has 6 heteroatoms. The van der Waals surface area contributed by atoms with Crippen LogP contribution in [0.1, 0.15) is 51.4 Å². The van der Waals surface area contributed by atoms with E-state index in [0.29, 0.717) is 11.4 Å². The fourth-order valence-corrected chi connectivity index (χ4v) is 3.97. The fraction of sp³-hybridized carbons (Fsp3) is 0.529. The molecule has 3 rings (SSSR count). The van der Waals surface area contributed by atoms with E-state index >= 15 is 0 Å². The van der Waals surface area contributed by atoms with E-state index < -0.39 is 0 Å². The second-order valence-corrected chi connectivity index (χ2v) is 7.19. The maximum absolute atomic E-state index is 12.4. The minimum atomic E-state index is -0.0401. The van der Waals surface area contributed by atoms with Crippen molar-refractivity contribution in [3.8, 4) is 0 Å². The number of amides is 1. The van der Waals surface area contributed by atoms with Gasteiger partial charge in [-0.1, -0.05) is 6.42 Å². The molecule has 1 unspecified atom stereocenters. The average molecular weight is 333 g/mol. The van der Waals surface area contributed by atoms with Gasteiger partial charge in [0.2, 0.25) is 0 Å². The third-order valence-corrected chi connectivity index (χ3v) is 5.34. The molecule has 0 saturated carbocycles. The number of rotatable bonds is 5. The van der Waals surface area contributed by atoms with E-state index in [1.807, 2.05) is 26.0 Å². The summed E-state index contributed by atoms with van der Waals surface area (Å²) in [6.07, 6.45) is 5.40. The van der Waals surface area contributed by atoms with Gasteiger partial charge in [-0.25, -0.2) is 4.98 Å². The minimum Gasteiger partial charge on any atom is -0.468 e. The van der Waals surface area contributed by atoms with E-state index in [2.05, 4.69) is 15.2 Å². The predicted molar refractivity (Wildman–Crippen MR) is 90.8 cm³/mol. The first-order valence-corrected chi connectivity index (χ1v) is 8.96. The van der Waals surface area contributed by atoms with Crippen LogP contribution in [0.2, 0.25) is 0 Å². The zero-order valence-electron chi connectivity index (χ0n) is 13.7. The smallest absolute Gasteiger partial charge is 0.263 e. The Morgan fingerprint density at radius 2 is 2.17 bits per heavy atom. The molecule has 1 fully saturated rings. The van der Waals surface area contributed by atoms with Crippen molar-refractivity contribution in [3.63, 3.8) is 0 Å². The maximum Gasteiger partial charge on any atom is 0.263 e. The molecule has 0 aromatic carbocycles. The number of nitrogens with zero attached hydrogens (tertiary/aromatic N) is 2. The number of piperidine rings is 1. The number of furan rings is 1. The molecule has 1 N–H and O–H groups in total. The van der Waals surface area contributed by atoms with Crippen molar-refractivity contribution < 1.29 is 9.21 Å². The van der Waals surface area contributed by atoms with Crippen LogP contribution in [-0.2, 0) is 0 Å². The third kappa shape index (κ3) is 3.82. The van der Waals surface area contributed by atoms with E-state index in [1.54, 1.807) is 6.26 Å². The summed E-state index contributed by atoms with van der Waals surface area (Å²) in [7, 11) is 0. The molecule has 0 radical (unpaired) electrons. The Morgan fingerprint density at radius 3 is 2.78 bits per heavy atom. The van der Waals surface area contributed by atoms with Crippen LogP contribution >= 0.6 is 11.3 Å². The van der Waals surface area contributed by atoms with Gasteiger partial charge in [0.15, 0.2) is 0 Å². The Morgan fingerprint density at radius 1 is 1.39 bits per heavy atom. The molecule has 0 spiro atoms. The van der Waals surface area contributed by atoms with E-state index in [0.717, 1.165) is 29.6 Å². The molecule has 1 aliphatic heterocycles. The van der Waals surface area contributed by atoms with Gasteiger partial charge in [-0.2, -0.15) is 0 Å². The van der Waals surface area contributed by atoms with Crippen LogP contribution in [0.3, 0.4) is 0 Å². The number of aromatic nitrogens is 1. The van der Waals surface area contributed by atoms with Gasteiger partial charge in [-0.05, 0) is 51.9 Å². The lowest BCUT2D eigenvalue weighted by Crippen LogP contribution is -2.40. The topological polar surface area (TPSA) is 58.4 Å². The van der Waals surface area contributed by atoms with Gasteiger partial charge < -0.3 is 9.73 Å². The molecule has 1 atom stereocenters. The summed E-state index contributed by atoms with van der Waals surface area (Å²) in [5, 5.41) is 3.99. The van der Waals surface area contributed by atoms with Crippen LogP contribution in [0.15, 0.2) is 22.8 Å². The van der Waals surface area contributed by atoms with Crippen LogP contribution in [0.5, 0.6) is 0 Å². The Kier molecular flexibility index (Phi) is 5.13. The first-order valence-electron chi connectivity index (χ1n) is 8.15. The Bertz CT molecular complexity index is 645. The van der Waals surface area contributed by atoms with Gasteiger partial charge in [0, 0.05) is 6.54 Å². The molecule has 0 aliphatic carbocycles. The highest BCUT2D eigenvalue weighted by Gasteiger charge is 2.25. The van der Waals surface area contributed by atoms with Gasteiger partial charge in [-0.15, -0.1) is 11.3 Å². The molecule has 2 aromatic rings. The number of nitrogens with one attached hydrogen (secondary N) is 1. The lowest BCUT2D eigenvalue weighted by molar-refractivity contribution is 0.0917. The highest BCUT2D eigenvalue weighted by atomic mass is 32.1. The summed E-state index contributed by atoms with van der Waals surface area (Å²) < 4.78 is 5.61. The molecule has 3 heterocycles.